The Morgan fingerprint density at radius 1 is 0.838 bits per heavy atom. The van der Waals surface area contributed by atoms with Gasteiger partial charge in [-0.3, -0.25) is 4.79 Å². The highest BCUT2D eigenvalue weighted by molar-refractivity contribution is 5.72. The van der Waals surface area contributed by atoms with Gasteiger partial charge in [-0.05, 0) is 43.9 Å². The van der Waals surface area contributed by atoms with Crippen LogP contribution < -0.4 is 4.74 Å². The van der Waals surface area contributed by atoms with Crippen molar-refractivity contribution in [1.29, 1.82) is 0 Å². The number of esters is 1. The lowest BCUT2D eigenvalue weighted by Crippen LogP contribution is -2.44. The van der Waals surface area contributed by atoms with Crippen LogP contribution >= 0.6 is 0 Å². The van der Waals surface area contributed by atoms with Crippen molar-refractivity contribution in [3.05, 3.63) is 65.7 Å². The highest BCUT2D eigenvalue weighted by atomic mass is 16.6. The van der Waals surface area contributed by atoms with Crippen LogP contribution in [-0.2, 0) is 22.5 Å². The Balaban J connectivity index is 1.73. The molecule has 0 aliphatic carbocycles. The molecule has 2 unspecified atom stereocenters. The average Bonchev–Trinajstić information content (AvgIpc) is 2.88. The first-order valence-corrected chi connectivity index (χ1v) is 14.6. The van der Waals surface area contributed by atoms with Gasteiger partial charge in [-0.2, -0.15) is 0 Å². The number of carbonyl (C=O) groups is 1. The van der Waals surface area contributed by atoms with Crippen LogP contribution in [0.4, 0.5) is 0 Å². The minimum absolute atomic E-state index is 0.138. The van der Waals surface area contributed by atoms with E-state index in [4.69, 9.17) is 9.47 Å². The van der Waals surface area contributed by atoms with Gasteiger partial charge in [0.05, 0.1) is 20.6 Å². The molecule has 4 nitrogen and oxygen atoms in total. The molecular formula is C33H52NO3+. The lowest BCUT2D eigenvalue weighted by atomic mass is 10.0. The standard InChI is InChI=1S/C33H52NO3/c1-6-8-9-10-11-12-13-15-19-29-22-18-23-32(24-29)37-31(7-2)27-36-33(35)28(3)25-34(4,5)26-30-20-16-14-17-21-30/h14,16-18,20-24,28,31H,6-13,15,19,25-27H2,1-5H3/q+1. The summed E-state index contributed by atoms with van der Waals surface area (Å²) in [6, 6.07) is 18.8. The molecule has 0 saturated heterocycles. The number of carbonyl (C=O) groups excluding carboxylic acids is 1. The summed E-state index contributed by atoms with van der Waals surface area (Å²) in [5.41, 5.74) is 2.60. The molecular weight excluding hydrogens is 458 g/mol. The second kappa shape index (κ2) is 17.2. The molecule has 0 aliphatic rings. The zero-order valence-corrected chi connectivity index (χ0v) is 24.2. The summed E-state index contributed by atoms with van der Waals surface area (Å²) >= 11 is 0. The predicted molar refractivity (Wildman–Crippen MR) is 155 cm³/mol. The van der Waals surface area contributed by atoms with Gasteiger partial charge < -0.3 is 14.0 Å². The van der Waals surface area contributed by atoms with Crippen molar-refractivity contribution in [2.75, 3.05) is 27.2 Å². The van der Waals surface area contributed by atoms with E-state index in [-0.39, 0.29) is 24.6 Å². The van der Waals surface area contributed by atoms with Crippen LogP contribution in [0.25, 0.3) is 0 Å². The molecule has 2 rings (SSSR count). The van der Waals surface area contributed by atoms with E-state index in [1.54, 1.807) is 0 Å². The largest absolute Gasteiger partial charge is 0.487 e. The Kier molecular flexibility index (Phi) is 14.4. The number of rotatable bonds is 19. The molecule has 0 aromatic heterocycles. The fourth-order valence-electron chi connectivity index (χ4n) is 4.94. The van der Waals surface area contributed by atoms with Crippen molar-refractivity contribution in [1.82, 2.24) is 0 Å². The van der Waals surface area contributed by atoms with Gasteiger partial charge in [-0.25, -0.2) is 0 Å². The van der Waals surface area contributed by atoms with E-state index in [2.05, 4.69) is 70.4 Å². The quantitative estimate of drug-likeness (QED) is 0.109. The second-order valence-electron chi connectivity index (χ2n) is 11.3. The smallest absolute Gasteiger partial charge is 0.314 e. The molecule has 2 atom stereocenters. The van der Waals surface area contributed by atoms with Crippen LogP contribution in [0.15, 0.2) is 54.6 Å². The zero-order valence-electron chi connectivity index (χ0n) is 24.2. The van der Waals surface area contributed by atoms with Gasteiger partial charge >= 0.3 is 5.97 Å². The van der Waals surface area contributed by atoms with Crippen molar-refractivity contribution >= 4 is 5.97 Å². The first kappa shape index (κ1) is 30.9. The van der Waals surface area contributed by atoms with Gasteiger partial charge in [0.15, 0.2) is 0 Å². The third-order valence-corrected chi connectivity index (χ3v) is 7.01. The average molecular weight is 511 g/mol. The Labute approximate surface area is 227 Å². The van der Waals surface area contributed by atoms with Crippen LogP contribution in [0.1, 0.15) is 89.7 Å². The molecule has 0 amide bonds. The number of ether oxygens (including phenoxy) is 2. The summed E-state index contributed by atoms with van der Waals surface area (Å²) in [5.74, 6) is 0.546. The number of nitrogens with zero attached hydrogens (tertiary/aromatic N) is 1. The maximum absolute atomic E-state index is 12.8. The number of aryl methyl sites for hydroxylation is 1. The van der Waals surface area contributed by atoms with E-state index in [0.29, 0.717) is 0 Å². The maximum Gasteiger partial charge on any atom is 0.314 e. The number of benzene rings is 2. The van der Waals surface area contributed by atoms with Crippen LogP contribution in [0.2, 0.25) is 0 Å². The van der Waals surface area contributed by atoms with Crippen LogP contribution in [0.3, 0.4) is 0 Å². The van der Waals surface area contributed by atoms with Crippen LogP contribution in [0, 0.1) is 5.92 Å². The van der Waals surface area contributed by atoms with Gasteiger partial charge in [-0.15, -0.1) is 0 Å². The third kappa shape index (κ3) is 13.2. The summed E-state index contributed by atoms with van der Waals surface area (Å²) in [4.78, 5) is 12.8. The second-order valence-corrected chi connectivity index (χ2v) is 11.3. The molecule has 0 heterocycles. The number of hydrogen-bond donors (Lipinski definition) is 0. The highest BCUT2D eigenvalue weighted by Crippen LogP contribution is 2.19. The molecule has 37 heavy (non-hydrogen) atoms. The number of unbranched alkanes of at least 4 members (excludes halogenated alkanes) is 7. The number of hydrogen-bond acceptors (Lipinski definition) is 3. The van der Waals surface area contributed by atoms with E-state index < -0.39 is 0 Å². The van der Waals surface area contributed by atoms with Gasteiger partial charge in [0, 0.05) is 5.56 Å². The normalized spacial score (nSPS) is 13.2. The van der Waals surface area contributed by atoms with Gasteiger partial charge in [0.25, 0.3) is 0 Å². The molecule has 2 aromatic rings. The van der Waals surface area contributed by atoms with Crippen molar-refractivity contribution in [3.8, 4) is 5.75 Å². The molecule has 0 saturated carbocycles. The summed E-state index contributed by atoms with van der Waals surface area (Å²) in [6.07, 6.45) is 12.4. The van der Waals surface area contributed by atoms with Crippen molar-refractivity contribution in [2.24, 2.45) is 5.92 Å². The van der Waals surface area contributed by atoms with E-state index in [9.17, 15) is 4.79 Å². The Hall–Kier alpha value is -2.33. The number of quaternary nitrogens is 1. The SMILES string of the molecule is CCCCCCCCCCc1cccc(OC(CC)COC(=O)C(C)C[N+](C)(C)Cc2ccccc2)c1. The van der Waals surface area contributed by atoms with E-state index >= 15 is 0 Å². The topological polar surface area (TPSA) is 35.5 Å². The summed E-state index contributed by atoms with van der Waals surface area (Å²) in [5, 5.41) is 0. The zero-order chi connectivity index (χ0) is 26.9. The Bertz CT molecular complexity index is 880. The van der Waals surface area contributed by atoms with E-state index in [0.717, 1.165) is 36.2 Å². The summed E-state index contributed by atoms with van der Waals surface area (Å²) < 4.78 is 12.7. The minimum atomic E-state index is -0.175. The molecule has 206 valence electrons. The fraction of sp³-hybridized carbons (Fsp3) is 0.606. The van der Waals surface area contributed by atoms with Crippen molar-refractivity contribution in [2.45, 2.75) is 97.6 Å². The van der Waals surface area contributed by atoms with Crippen molar-refractivity contribution < 1.29 is 18.8 Å². The first-order valence-electron chi connectivity index (χ1n) is 14.6. The molecule has 0 bridgehead atoms. The Morgan fingerprint density at radius 2 is 1.49 bits per heavy atom. The first-order chi connectivity index (χ1) is 17.8. The highest BCUT2D eigenvalue weighted by Gasteiger charge is 2.26. The monoisotopic (exact) mass is 510 g/mol. The fourth-order valence-corrected chi connectivity index (χ4v) is 4.94. The molecule has 0 N–H and O–H groups in total. The molecule has 0 fully saturated rings. The lowest BCUT2D eigenvalue weighted by Gasteiger charge is -2.32. The van der Waals surface area contributed by atoms with Gasteiger partial charge in [0.1, 0.15) is 30.9 Å². The predicted octanol–water partition coefficient (Wildman–Crippen LogP) is 7.98. The Morgan fingerprint density at radius 3 is 2.16 bits per heavy atom. The molecule has 0 aliphatic heterocycles. The van der Waals surface area contributed by atoms with Gasteiger partial charge in [-0.1, -0.05) is 101 Å². The molecule has 2 aromatic carbocycles. The van der Waals surface area contributed by atoms with Gasteiger partial charge in [0.2, 0.25) is 0 Å². The summed E-state index contributed by atoms with van der Waals surface area (Å²) in [6.45, 7) is 8.20. The third-order valence-electron chi connectivity index (χ3n) is 7.01. The van der Waals surface area contributed by atoms with Crippen LogP contribution in [-0.4, -0.2) is 43.8 Å². The molecule has 0 spiro atoms. The molecule has 4 heteroatoms. The lowest BCUT2D eigenvalue weighted by molar-refractivity contribution is -0.905. The maximum atomic E-state index is 12.8. The minimum Gasteiger partial charge on any atom is -0.487 e. The molecule has 0 radical (unpaired) electrons. The van der Waals surface area contributed by atoms with E-state index in [1.165, 1.54) is 62.5 Å². The van der Waals surface area contributed by atoms with Crippen LogP contribution in [0.5, 0.6) is 5.75 Å². The summed E-state index contributed by atoms with van der Waals surface area (Å²) in [7, 11) is 4.32. The van der Waals surface area contributed by atoms with Crippen molar-refractivity contribution in [3.63, 3.8) is 0 Å². The van der Waals surface area contributed by atoms with E-state index in [1.807, 2.05) is 19.1 Å².